The van der Waals surface area contributed by atoms with Gasteiger partial charge in [-0.05, 0) is 35.4 Å². The minimum atomic E-state index is 1.09. The maximum absolute atomic E-state index is 3.50. The second-order valence-electron chi connectivity index (χ2n) is 5.70. The standard InChI is InChI=1S/C22H16BrN/c23-19-11-13-20(14-12-19)24-15-21(17-7-3-1-4-8-17)22(16-24)18-9-5-2-6-10-18/h1-16H. The van der Waals surface area contributed by atoms with Crippen LogP contribution >= 0.6 is 15.9 Å². The Morgan fingerprint density at radius 2 is 1.00 bits per heavy atom. The molecule has 0 aliphatic carbocycles. The van der Waals surface area contributed by atoms with Gasteiger partial charge in [-0.15, -0.1) is 0 Å². The first-order valence-corrected chi connectivity index (χ1v) is 8.69. The van der Waals surface area contributed by atoms with Gasteiger partial charge in [0.25, 0.3) is 0 Å². The topological polar surface area (TPSA) is 4.93 Å². The molecular formula is C22H16BrN. The first-order chi connectivity index (χ1) is 11.8. The van der Waals surface area contributed by atoms with Crippen molar-refractivity contribution in [1.82, 2.24) is 4.57 Å². The molecule has 0 radical (unpaired) electrons. The first kappa shape index (κ1) is 15.0. The fourth-order valence-corrected chi connectivity index (χ4v) is 3.18. The predicted octanol–water partition coefficient (Wildman–Crippen LogP) is 6.57. The molecule has 1 heterocycles. The van der Waals surface area contributed by atoms with E-state index in [0.29, 0.717) is 0 Å². The molecular weight excluding hydrogens is 358 g/mol. The summed E-state index contributed by atoms with van der Waals surface area (Å²) in [6, 6.07) is 29.5. The van der Waals surface area contributed by atoms with Crippen molar-refractivity contribution in [1.29, 1.82) is 0 Å². The molecule has 116 valence electrons. The molecule has 1 aromatic heterocycles. The summed E-state index contributed by atoms with van der Waals surface area (Å²) in [6.07, 6.45) is 4.42. The van der Waals surface area contributed by atoms with Crippen molar-refractivity contribution >= 4 is 15.9 Å². The highest BCUT2D eigenvalue weighted by Gasteiger charge is 2.11. The Labute approximate surface area is 150 Å². The molecule has 24 heavy (non-hydrogen) atoms. The maximum Gasteiger partial charge on any atom is 0.0450 e. The highest BCUT2D eigenvalue weighted by molar-refractivity contribution is 9.10. The molecule has 0 atom stereocenters. The summed E-state index contributed by atoms with van der Waals surface area (Å²) >= 11 is 3.50. The molecule has 3 aromatic carbocycles. The van der Waals surface area contributed by atoms with Crippen LogP contribution in [0.25, 0.3) is 27.9 Å². The van der Waals surface area contributed by atoms with Crippen molar-refractivity contribution in [2.45, 2.75) is 0 Å². The zero-order valence-electron chi connectivity index (χ0n) is 13.1. The van der Waals surface area contributed by atoms with E-state index < -0.39 is 0 Å². The Kier molecular flexibility index (Phi) is 4.06. The van der Waals surface area contributed by atoms with Crippen molar-refractivity contribution in [3.05, 3.63) is 102 Å². The Hall–Kier alpha value is -2.58. The average molecular weight is 374 g/mol. The Balaban J connectivity index is 1.89. The molecule has 0 aliphatic rings. The van der Waals surface area contributed by atoms with Gasteiger partial charge in [0.15, 0.2) is 0 Å². The molecule has 1 nitrogen and oxygen atoms in total. The van der Waals surface area contributed by atoms with Gasteiger partial charge in [0.1, 0.15) is 0 Å². The van der Waals surface area contributed by atoms with E-state index in [1.807, 2.05) is 0 Å². The molecule has 4 rings (SSSR count). The summed E-state index contributed by atoms with van der Waals surface area (Å²) < 4.78 is 3.28. The molecule has 4 aromatic rings. The van der Waals surface area contributed by atoms with Gasteiger partial charge in [0.05, 0.1) is 0 Å². The number of hydrogen-bond donors (Lipinski definition) is 0. The lowest BCUT2D eigenvalue weighted by molar-refractivity contribution is 1.08. The van der Waals surface area contributed by atoms with Crippen LogP contribution < -0.4 is 0 Å². The fourth-order valence-electron chi connectivity index (χ4n) is 2.91. The third-order valence-electron chi connectivity index (χ3n) is 4.12. The lowest BCUT2D eigenvalue weighted by Gasteiger charge is -2.03. The van der Waals surface area contributed by atoms with Gasteiger partial charge in [-0.25, -0.2) is 0 Å². The lowest BCUT2D eigenvalue weighted by atomic mass is 9.99. The van der Waals surface area contributed by atoms with Gasteiger partial charge in [0.2, 0.25) is 0 Å². The van der Waals surface area contributed by atoms with Crippen LogP contribution in [0.4, 0.5) is 0 Å². The van der Waals surface area contributed by atoms with Gasteiger partial charge in [-0.3, -0.25) is 0 Å². The SMILES string of the molecule is Brc1ccc(-n2cc(-c3ccccc3)c(-c3ccccc3)c2)cc1. The molecule has 2 heteroatoms. The first-order valence-electron chi connectivity index (χ1n) is 7.90. The van der Waals surface area contributed by atoms with E-state index in [0.717, 1.165) is 10.2 Å². The number of benzene rings is 3. The van der Waals surface area contributed by atoms with Gasteiger partial charge in [-0.2, -0.15) is 0 Å². The van der Waals surface area contributed by atoms with Crippen LogP contribution in [0, 0.1) is 0 Å². The summed E-state index contributed by atoms with van der Waals surface area (Å²) in [7, 11) is 0. The van der Waals surface area contributed by atoms with Crippen molar-refractivity contribution < 1.29 is 0 Å². The van der Waals surface area contributed by atoms with E-state index in [-0.39, 0.29) is 0 Å². The zero-order chi connectivity index (χ0) is 16.4. The largest absolute Gasteiger partial charge is 0.323 e. The van der Waals surface area contributed by atoms with Crippen LogP contribution in [0.2, 0.25) is 0 Å². The third kappa shape index (κ3) is 2.93. The number of nitrogens with zero attached hydrogens (tertiary/aromatic N) is 1. The van der Waals surface area contributed by atoms with E-state index in [4.69, 9.17) is 0 Å². The number of rotatable bonds is 3. The fraction of sp³-hybridized carbons (Fsp3) is 0. The van der Waals surface area contributed by atoms with Crippen molar-refractivity contribution in [3.63, 3.8) is 0 Å². The average Bonchev–Trinajstić information content (AvgIpc) is 3.09. The summed E-state index contributed by atoms with van der Waals surface area (Å²) in [6.45, 7) is 0. The molecule has 0 N–H and O–H groups in total. The second kappa shape index (κ2) is 6.50. The van der Waals surface area contributed by atoms with Crippen LogP contribution in [0.15, 0.2) is 102 Å². The normalized spacial score (nSPS) is 10.7. The summed E-state index contributed by atoms with van der Waals surface area (Å²) in [5.41, 5.74) is 6.09. The van der Waals surface area contributed by atoms with Gasteiger partial charge in [-0.1, -0.05) is 76.6 Å². The molecule has 0 unspecified atom stereocenters. The molecule has 0 saturated carbocycles. The van der Waals surface area contributed by atoms with Crippen LogP contribution in [-0.2, 0) is 0 Å². The molecule has 0 saturated heterocycles. The van der Waals surface area contributed by atoms with E-state index in [9.17, 15) is 0 Å². The zero-order valence-corrected chi connectivity index (χ0v) is 14.6. The summed E-state index contributed by atoms with van der Waals surface area (Å²) in [5, 5.41) is 0. The minimum absolute atomic E-state index is 1.09. The van der Waals surface area contributed by atoms with Crippen LogP contribution in [0.1, 0.15) is 0 Å². The smallest absolute Gasteiger partial charge is 0.0450 e. The van der Waals surface area contributed by atoms with Gasteiger partial charge < -0.3 is 4.57 Å². The van der Waals surface area contributed by atoms with Crippen molar-refractivity contribution in [2.75, 3.05) is 0 Å². The van der Waals surface area contributed by atoms with E-state index in [2.05, 4.69) is 118 Å². The van der Waals surface area contributed by atoms with Crippen molar-refractivity contribution in [3.8, 4) is 27.9 Å². The maximum atomic E-state index is 3.50. The van der Waals surface area contributed by atoms with E-state index in [1.165, 1.54) is 22.3 Å². The van der Waals surface area contributed by atoms with Crippen LogP contribution in [0.3, 0.4) is 0 Å². The number of hydrogen-bond acceptors (Lipinski definition) is 0. The Morgan fingerprint density at radius 3 is 1.46 bits per heavy atom. The third-order valence-corrected chi connectivity index (χ3v) is 4.65. The molecule has 0 spiro atoms. The molecule has 0 bridgehead atoms. The summed E-state index contributed by atoms with van der Waals surface area (Å²) in [5.74, 6) is 0. The van der Waals surface area contributed by atoms with Crippen LogP contribution in [0.5, 0.6) is 0 Å². The van der Waals surface area contributed by atoms with Gasteiger partial charge in [0, 0.05) is 33.7 Å². The predicted molar refractivity (Wildman–Crippen MR) is 104 cm³/mol. The van der Waals surface area contributed by atoms with Gasteiger partial charge >= 0.3 is 0 Å². The monoisotopic (exact) mass is 373 g/mol. The van der Waals surface area contributed by atoms with Crippen LogP contribution in [-0.4, -0.2) is 4.57 Å². The Bertz CT molecular complexity index is 881. The number of aromatic nitrogens is 1. The number of halogens is 1. The summed E-state index contributed by atoms with van der Waals surface area (Å²) in [4.78, 5) is 0. The minimum Gasteiger partial charge on any atom is -0.323 e. The lowest BCUT2D eigenvalue weighted by Crippen LogP contribution is -1.88. The Morgan fingerprint density at radius 1 is 0.542 bits per heavy atom. The quantitative estimate of drug-likeness (QED) is 0.382. The molecule has 0 aliphatic heterocycles. The highest BCUT2D eigenvalue weighted by Crippen LogP contribution is 2.34. The second-order valence-corrected chi connectivity index (χ2v) is 6.62. The highest BCUT2D eigenvalue weighted by atomic mass is 79.9. The molecule has 0 amide bonds. The van der Waals surface area contributed by atoms with E-state index >= 15 is 0 Å². The van der Waals surface area contributed by atoms with E-state index in [1.54, 1.807) is 0 Å². The van der Waals surface area contributed by atoms with Crippen molar-refractivity contribution in [2.24, 2.45) is 0 Å². The molecule has 0 fully saturated rings.